The van der Waals surface area contributed by atoms with E-state index in [1.165, 1.54) is 29.9 Å². The van der Waals surface area contributed by atoms with Gasteiger partial charge < -0.3 is 14.8 Å². The molecule has 0 fully saturated rings. The molecule has 98 valence electrons. The normalized spacial score (nSPS) is 10.7. The Kier molecular flexibility index (Phi) is 4.15. The van der Waals surface area contributed by atoms with Gasteiger partial charge in [-0.25, -0.2) is 4.79 Å². The summed E-state index contributed by atoms with van der Waals surface area (Å²) in [5, 5.41) is 11.3. The van der Waals surface area contributed by atoms with Crippen molar-refractivity contribution in [2.75, 3.05) is 0 Å². The van der Waals surface area contributed by atoms with Crippen molar-refractivity contribution in [2.24, 2.45) is 0 Å². The molecule has 0 aliphatic carbocycles. The Balaban J connectivity index is 1.90. The molecule has 0 aliphatic rings. The maximum atomic E-state index is 11.6. The first-order valence-corrected chi connectivity index (χ1v) is 6.27. The largest absolute Gasteiger partial charge is 0.478 e. The third kappa shape index (κ3) is 3.82. The van der Waals surface area contributed by atoms with Gasteiger partial charge in [-0.3, -0.25) is 4.79 Å². The molecule has 0 spiro atoms. The predicted molar refractivity (Wildman–Crippen MR) is 70.9 cm³/mol. The molecule has 0 bridgehead atoms. The molecule has 2 aromatic rings. The van der Waals surface area contributed by atoms with Crippen molar-refractivity contribution < 1.29 is 19.1 Å². The maximum absolute atomic E-state index is 11.6. The lowest BCUT2D eigenvalue weighted by Crippen LogP contribution is -2.21. The van der Waals surface area contributed by atoms with Crippen molar-refractivity contribution in [3.8, 4) is 0 Å². The van der Waals surface area contributed by atoms with E-state index in [-0.39, 0.29) is 5.91 Å². The second-order valence-corrected chi connectivity index (χ2v) is 4.87. The van der Waals surface area contributed by atoms with Crippen molar-refractivity contribution in [2.45, 2.75) is 6.54 Å². The van der Waals surface area contributed by atoms with Crippen molar-refractivity contribution >= 4 is 29.3 Å². The second-order valence-electron chi connectivity index (χ2n) is 3.67. The van der Waals surface area contributed by atoms with E-state index in [1.807, 2.05) is 12.1 Å². The molecule has 0 radical (unpaired) electrons. The highest BCUT2D eigenvalue weighted by Crippen LogP contribution is 2.17. The molecular weight excluding hydrogens is 266 g/mol. The van der Waals surface area contributed by atoms with Crippen LogP contribution in [0.5, 0.6) is 0 Å². The first-order chi connectivity index (χ1) is 9.15. The molecule has 0 unspecified atom stereocenters. The van der Waals surface area contributed by atoms with Gasteiger partial charge in [0.1, 0.15) is 6.26 Å². The molecule has 19 heavy (non-hydrogen) atoms. The highest BCUT2D eigenvalue weighted by atomic mass is 32.1. The van der Waals surface area contributed by atoms with Crippen LogP contribution in [-0.4, -0.2) is 17.0 Å². The Hall–Kier alpha value is -2.34. The summed E-state index contributed by atoms with van der Waals surface area (Å²) in [5.41, 5.74) is 0.475. The van der Waals surface area contributed by atoms with Gasteiger partial charge in [0, 0.05) is 15.8 Å². The molecule has 2 rings (SSSR count). The van der Waals surface area contributed by atoms with Gasteiger partial charge in [-0.05, 0) is 24.3 Å². The molecule has 0 saturated carbocycles. The van der Waals surface area contributed by atoms with Crippen molar-refractivity contribution in [1.29, 1.82) is 0 Å². The molecular formula is C13H11NO4S. The summed E-state index contributed by atoms with van der Waals surface area (Å²) in [7, 11) is 0. The SMILES string of the molecule is O=C(O)C=Cc1ccc(CNC(=O)c2ccoc2)s1. The fraction of sp³-hybridized carbons (Fsp3) is 0.0769. The number of amides is 1. The fourth-order valence-corrected chi connectivity index (χ4v) is 2.25. The minimum Gasteiger partial charge on any atom is -0.478 e. The van der Waals surface area contributed by atoms with Crippen LogP contribution >= 0.6 is 11.3 Å². The topological polar surface area (TPSA) is 79.5 Å². The highest BCUT2D eigenvalue weighted by Gasteiger charge is 2.06. The molecule has 2 heterocycles. The summed E-state index contributed by atoms with van der Waals surface area (Å²) in [6.07, 6.45) is 5.42. The van der Waals surface area contributed by atoms with E-state index in [0.29, 0.717) is 12.1 Å². The minimum absolute atomic E-state index is 0.204. The lowest BCUT2D eigenvalue weighted by atomic mass is 10.3. The van der Waals surface area contributed by atoms with Gasteiger partial charge in [0.05, 0.1) is 18.4 Å². The average molecular weight is 277 g/mol. The van der Waals surface area contributed by atoms with E-state index in [2.05, 4.69) is 5.32 Å². The van der Waals surface area contributed by atoms with Crippen molar-refractivity contribution in [3.63, 3.8) is 0 Å². The summed E-state index contributed by atoms with van der Waals surface area (Å²) >= 11 is 1.43. The van der Waals surface area contributed by atoms with Crippen molar-refractivity contribution in [1.82, 2.24) is 5.32 Å². The van der Waals surface area contributed by atoms with Crippen LogP contribution in [-0.2, 0) is 11.3 Å². The number of carboxylic acids is 1. The zero-order valence-electron chi connectivity index (χ0n) is 9.83. The summed E-state index contributed by atoms with van der Waals surface area (Å²) < 4.78 is 4.82. The lowest BCUT2D eigenvalue weighted by molar-refractivity contribution is -0.131. The number of carbonyl (C=O) groups is 2. The van der Waals surface area contributed by atoms with Crippen LogP contribution < -0.4 is 5.32 Å². The molecule has 0 aromatic carbocycles. The zero-order chi connectivity index (χ0) is 13.7. The van der Waals surface area contributed by atoms with Gasteiger partial charge in [-0.15, -0.1) is 11.3 Å². The number of furan rings is 1. The van der Waals surface area contributed by atoms with Crippen LogP contribution in [0.15, 0.2) is 41.2 Å². The van der Waals surface area contributed by atoms with Crippen LogP contribution in [0.4, 0.5) is 0 Å². The van der Waals surface area contributed by atoms with Gasteiger partial charge in [0.2, 0.25) is 0 Å². The second kappa shape index (κ2) is 6.01. The third-order valence-electron chi connectivity index (χ3n) is 2.28. The van der Waals surface area contributed by atoms with Gasteiger partial charge in [-0.1, -0.05) is 0 Å². The zero-order valence-corrected chi connectivity index (χ0v) is 10.6. The quantitative estimate of drug-likeness (QED) is 0.822. The number of carbonyl (C=O) groups excluding carboxylic acids is 1. The summed E-state index contributed by atoms with van der Waals surface area (Å²) in [4.78, 5) is 23.8. The Morgan fingerprint density at radius 2 is 2.21 bits per heavy atom. The first-order valence-electron chi connectivity index (χ1n) is 5.45. The maximum Gasteiger partial charge on any atom is 0.328 e. The van der Waals surface area contributed by atoms with E-state index in [0.717, 1.165) is 15.8 Å². The Morgan fingerprint density at radius 3 is 2.89 bits per heavy atom. The molecule has 2 N–H and O–H groups in total. The highest BCUT2D eigenvalue weighted by molar-refractivity contribution is 7.12. The number of hydrogen-bond donors (Lipinski definition) is 2. The monoisotopic (exact) mass is 277 g/mol. The van der Waals surface area contributed by atoms with Gasteiger partial charge >= 0.3 is 5.97 Å². The Bertz CT molecular complexity index is 598. The minimum atomic E-state index is -0.983. The molecule has 2 aromatic heterocycles. The first kappa shape index (κ1) is 13.1. The summed E-state index contributed by atoms with van der Waals surface area (Å²) in [6, 6.07) is 5.25. The third-order valence-corrected chi connectivity index (χ3v) is 3.33. The van der Waals surface area contributed by atoms with Gasteiger partial charge in [0.15, 0.2) is 0 Å². The van der Waals surface area contributed by atoms with E-state index < -0.39 is 5.97 Å². The summed E-state index contributed by atoms with van der Waals surface area (Å²) in [5.74, 6) is -1.19. The van der Waals surface area contributed by atoms with Gasteiger partial charge in [-0.2, -0.15) is 0 Å². The smallest absolute Gasteiger partial charge is 0.328 e. The van der Waals surface area contributed by atoms with E-state index in [4.69, 9.17) is 9.52 Å². The van der Waals surface area contributed by atoms with Crippen LogP contribution in [0.2, 0.25) is 0 Å². The van der Waals surface area contributed by atoms with Crippen LogP contribution in [0.3, 0.4) is 0 Å². The number of carboxylic acid groups (broad SMARTS) is 1. The summed E-state index contributed by atoms with van der Waals surface area (Å²) in [6.45, 7) is 0.398. The average Bonchev–Trinajstić information content (AvgIpc) is 3.04. The van der Waals surface area contributed by atoms with Crippen LogP contribution in [0, 0.1) is 0 Å². The van der Waals surface area contributed by atoms with Gasteiger partial charge in [0.25, 0.3) is 5.91 Å². The van der Waals surface area contributed by atoms with E-state index in [9.17, 15) is 9.59 Å². The number of rotatable bonds is 5. The van der Waals surface area contributed by atoms with Crippen LogP contribution in [0.25, 0.3) is 6.08 Å². The molecule has 0 atom stereocenters. The number of nitrogens with one attached hydrogen (secondary N) is 1. The lowest BCUT2D eigenvalue weighted by Gasteiger charge is -2.00. The van der Waals surface area contributed by atoms with E-state index in [1.54, 1.807) is 6.07 Å². The van der Waals surface area contributed by atoms with E-state index >= 15 is 0 Å². The standard InChI is InChI=1S/C13H11NO4S/c15-12(16)4-3-10-1-2-11(19-10)7-14-13(17)9-5-6-18-8-9/h1-6,8H,7H2,(H,14,17)(H,15,16). The van der Waals surface area contributed by atoms with Crippen LogP contribution in [0.1, 0.15) is 20.1 Å². The van der Waals surface area contributed by atoms with Crippen molar-refractivity contribution in [3.05, 3.63) is 52.1 Å². The molecule has 6 heteroatoms. The molecule has 1 amide bonds. The molecule has 0 saturated heterocycles. The fourth-order valence-electron chi connectivity index (χ4n) is 1.40. The number of thiophene rings is 1. The predicted octanol–water partition coefficient (Wildman–Crippen LogP) is 2.37. The number of hydrogen-bond acceptors (Lipinski definition) is 4. The molecule has 5 nitrogen and oxygen atoms in total. The number of aliphatic carboxylic acids is 1. The molecule has 0 aliphatic heterocycles. The Labute approximate surface area is 113 Å². The Morgan fingerprint density at radius 1 is 1.37 bits per heavy atom.